The average molecular weight is 423 g/mol. The number of carbonyl (C=O) groups is 2. The van der Waals surface area contributed by atoms with E-state index < -0.39 is 0 Å². The highest BCUT2D eigenvalue weighted by Crippen LogP contribution is 2.67. The highest BCUT2D eigenvalue weighted by Gasteiger charge is 2.58. The monoisotopic (exact) mass is 422 g/mol. The molecule has 4 aliphatic rings. The second kappa shape index (κ2) is 7.67. The fourth-order valence-electron chi connectivity index (χ4n) is 8.23. The summed E-state index contributed by atoms with van der Waals surface area (Å²) in [5.74, 6) is 3.05. The number of fused-ring (bicyclic) bond motifs is 5. The first-order valence-corrected chi connectivity index (χ1v) is 12.3. The summed E-state index contributed by atoms with van der Waals surface area (Å²) in [6.07, 6.45) is 12.7. The van der Waals surface area contributed by atoms with Crippen molar-refractivity contribution < 1.29 is 14.0 Å². The predicted molar refractivity (Wildman–Crippen MR) is 120 cm³/mol. The zero-order valence-corrected chi connectivity index (χ0v) is 19.0. The van der Waals surface area contributed by atoms with Crippen LogP contribution < -0.4 is 0 Å². The topological polar surface area (TPSA) is 34.1 Å². The molecule has 0 N–H and O–H groups in total. The van der Waals surface area contributed by atoms with Gasteiger partial charge in [0.25, 0.3) is 0 Å². The van der Waals surface area contributed by atoms with Gasteiger partial charge in [-0.25, -0.2) is 4.39 Å². The van der Waals surface area contributed by atoms with Crippen LogP contribution in [0.5, 0.6) is 0 Å². The third kappa shape index (κ3) is 3.43. The number of allylic oxidation sites excluding steroid dienone is 1. The summed E-state index contributed by atoms with van der Waals surface area (Å²) in [6.45, 7) is 4.95. The summed E-state index contributed by atoms with van der Waals surface area (Å²) in [4.78, 5) is 24.7. The van der Waals surface area contributed by atoms with Gasteiger partial charge in [-0.15, -0.1) is 0 Å². The summed E-state index contributed by atoms with van der Waals surface area (Å²) >= 11 is 0. The molecule has 0 bridgehead atoms. The molecule has 31 heavy (non-hydrogen) atoms. The molecular weight excluding hydrogens is 387 g/mol. The molecule has 2 nitrogen and oxygen atoms in total. The molecule has 3 fully saturated rings. The number of hydrogen-bond acceptors (Lipinski definition) is 2. The van der Waals surface area contributed by atoms with Crippen molar-refractivity contribution in [1.82, 2.24) is 0 Å². The SMILES string of the molecule is C[C@]12CCC(=O)C=C1CC[C@@H]1[C@H]2CC[C@]2(C)C(CCC(=O)c3ccc(F)cc3)CC[C@@H]12. The lowest BCUT2D eigenvalue weighted by Crippen LogP contribution is -2.50. The van der Waals surface area contributed by atoms with Crippen LogP contribution in [0.1, 0.15) is 88.4 Å². The summed E-state index contributed by atoms with van der Waals surface area (Å²) in [5.41, 5.74) is 2.64. The lowest BCUT2D eigenvalue weighted by atomic mass is 9.46. The fraction of sp³-hybridized carbons (Fsp3) is 0.643. The van der Waals surface area contributed by atoms with Gasteiger partial charge in [0.05, 0.1) is 0 Å². The molecule has 1 unspecified atom stereocenters. The van der Waals surface area contributed by atoms with Crippen molar-refractivity contribution in [2.75, 3.05) is 0 Å². The second-order valence-corrected chi connectivity index (χ2v) is 11.3. The van der Waals surface area contributed by atoms with Gasteiger partial charge in [0, 0.05) is 18.4 Å². The van der Waals surface area contributed by atoms with E-state index in [1.165, 1.54) is 49.8 Å². The molecule has 0 heterocycles. The molecular formula is C28H35FO2. The van der Waals surface area contributed by atoms with E-state index in [-0.39, 0.29) is 17.0 Å². The lowest BCUT2D eigenvalue weighted by molar-refractivity contribution is -0.117. The average Bonchev–Trinajstić information content (AvgIpc) is 3.09. The molecule has 3 heteroatoms. The van der Waals surface area contributed by atoms with Crippen molar-refractivity contribution in [1.29, 1.82) is 0 Å². The minimum Gasteiger partial charge on any atom is -0.295 e. The van der Waals surface area contributed by atoms with Gasteiger partial charge >= 0.3 is 0 Å². The summed E-state index contributed by atoms with van der Waals surface area (Å²) in [5, 5.41) is 0. The van der Waals surface area contributed by atoms with Gasteiger partial charge in [0.2, 0.25) is 0 Å². The first-order valence-electron chi connectivity index (χ1n) is 12.3. The van der Waals surface area contributed by atoms with E-state index in [9.17, 15) is 14.0 Å². The largest absolute Gasteiger partial charge is 0.295 e. The van der Waals surface area contributed by atoms with Crippen molar-refractivity contribution in [2.45, 2.75) is 78.1 Å². The maximum atomic E-state index is 13.2. The van der Waals surface area contributed by atoms with Gasteiger partial charge in [-0.3, -0.25) is 9.59 Å². The molecule has 3 saturated carbocycles. The normalized spacial score (nSPS) is 39.3. The van der Waals surface area contributed by atoms with Crippen molar-refractivity contribution in [3.63, 3.8) is 0 Å². The van der Waals surface area contributed by atoms with E-state index in [0.29, 0.717) is 29.1 Å². The Morgan fingerprint density at radius 1 is 1.00 bits per heavy atom. The Morgan fingerprint density at radius 2 is 1.77 bits per heavy atom. The molecule has 166 valence electrons. The molecule has 0 saturated heterocycles. The Morgan fingerprint density at radius 3 is 2.55 bits per heavy atom. The van der Waals surface area contributed by atoms with Crippen molar-refractivity contribution in [3.8, 4) is 0 Å². The van der Waals surface area contributed by atoms with Gasteiger partial charge in [-0.05, 0) is 116 Å². The van der Waals surface area contributed by atoms with E-state index in [2.05, 4.69) is 13.8 Å². The van der Waals surface area contributed by atoms with Crippen LogP contribution >= 0.6 is 0 Å². The van der Waals surface area contributed by atoms with Gasteiger partial charge in [0.15, 0.2) is 11.6 Å². The van der Waals surface area contributed by atoms with Crippen LogP contribution in [-0.4, -0.2) is 11.6 Å². The van der Waals surface area contributed by atoms with E-state index >= 15 is 0 Å². The Balaban J connectivity index is 1.29. The minimum absolute atomic E-state index is 0.146. The Bertz CT molecular complexity index is 915. The molecule has 6 atom stereocenters. The number of benzene rings is 1. The van der Waals surface area contributed by atoms with E-state index in [1.807, 2.05) is 6.08 Å². The Kier molecular flexibility index (Phi) is 5.22. The Hall–Kier alpha value is -1.77. The first-order chi connectivity index (χ1) is 14.8. The van der Waals surface area contributed by atoms with Gasteiger partial charge in [-0.2, -0.15) is 0 Å². The number of Topliss-reactive ketones (excluding diaryl/α,β-unsaturated/α-hetero) is 1. The van der Waals surface area contributed by atoms with Crippen molar-refractivity contribution >= 4 is 11.6 Å². The zero-order chi connectivity index (χ0) is 21.8. The molecule has 0 amide bonds. The van der Waals surface area contributed by atoms with Gasteiger partial charge in [-0.1, -0.05) is 19.4 Å². The minimum atomic E-state index is -0.291. The molecule has 0 aliphatic heterocycles. The molecule has 1 aromatic rings. The third-order valence-corrected chi connectivity index (χ3v) is 10.0. The van der Waals surface area contributed by atoms with Gasteiger partial charge < -0.3 is 0 Å². The van der Waals surface area contributed by atoms with E-state index in [4.69, 9.17) is 0 Å². The van der Waals surface area contributed by atoms with Crippen LogP contribution in [-0.2, 0) is 4.79 Å². The maximum absolute atomic E-state index is 13.2. The third-order valence-electron chi connectivity index (χ3n) is 10.0. The van der Waals surface area contributed by atoms with Crippen LogP contribution in [0.15, 0.2) is 35.9 Å². The molecule has 0 radical (unpaired) electrons. The van der Waals surface area contributed by atoms with Crippen LogP contribution in [0, 0.1) is 40.3 Å². The predicted octanol–water partition coefficient (Wildman–Crippen LogP) is 6.94. The smallest absolute Gasteiger partial charge is 0.162 e. The quantitative estimate of drug-likeness (QED) is 0.493. The zero-order valence-electron chi connectivity index (χ0n) is 19.0. The van der Waals surface area contributed by atoms with Crippen molar-refractivity contribution in [2.24, 2.45) is 34.5 Å². The van der Waals surface area contributed by atoms with Crippen LogP contribution in [0.2, 0.25) is 0 Å². The standard InChI is InChI=1S/C28H35FO2/c1-27-16-14-25-23(10-5-20-17-22(30)13-15-28(20,25)2)24(27)11-6-19(27)7-12-26(31)18-3-8-21(29)9-4-18/h3-4,8-9,17,19,23-25H,5-7,10-16H2,1-2H3/t19?,23-,24-,25+,27+,28-/m0/s1. The lowest BCUT2D eigenvalue weighted by Gasteiger charge is -2.58. The molecule has 4 aliphatic carbocycles. The van der Waals surface area contributed by atoms with Crippen LogP contribution in [0.3, 0.4) is 0 Å². The fourth-order valence-corrected chi connectivity index (χ4v) is 8.23. The Labute approximate surface area is 185 Å². The molecule has 0 spiro atoms. The number of rotatable bonds is 4. The van der Waals surface area contributed by atoms with E-state index in [1.54, 1.807) is 12.1 Å². The van der Waals surface area contributed by atoms with Crippen LogP contribution in [0.25, 0.3) is 0 Å². The number of hydrogen-bond donors (Lipinski definition) is 0. The van der Waals surface area contributed by atoms with Gasteiger partial charge in [0.1, 0.15) is 5.82 Å². The van der Waals surface area contributed by atoms with E-state index in [0.717, 1.165) is 43.4 Å². The number of ketones is 2. The molecule has 0 aromatic heterocycles. The van der Waals surface area contributed by atoms with Crippen LogP contribution in [0.4, 0.5) is 4.39 Å². The maximum Gasteiger partial charge on any atom is 0.162 e. The highest BCUT2D eigenvalue weighted by atomic mass is 19.1. The summed E-state index contributed by atoms with van der Waals surface area (Å²) < 4.78 is 13.2. The second-order valence-electron chi connectivity index (χ2n) is 11.3. The van der Waals surface area contributed by atoms with Crippen molar-refractivity contribution in [3.05, 3.63) is 47.3 Å². The highest BCUT2D eigenvalue weighted by molar-refractivity contribution is 5.96. The number of carbonyl (C=O) groups excluding carboxylic acids is 2. The molecule has 1 aromatic carbocycles. The first kappa shape index (κ1) is 21.1. The summed E-state index contributed by atoms with van der Waals surface area (Å²) in [7, 11) is 0. The molecule has 5 rings (SSSR count). The number of halogens is 1. The summed E-state index contributed by atoms with van der Waals surface area (Å²) in [6, 6.07) is 5.99.